The van der Waals surface area contributed by atoms with Gasteiger partial charge >= 0.3 is 12.4 Å². The van der Waals surface area contributed by atoms with E-state index in [4.69, 9.17) is 10.5 Å². The SMILES string of the molecule is CC#CC(O)(c1cccc(C(N)=O)c1)C(F)(F)F.CC#CC(O)(c1cccc(N2CCOCC2)c1)C(F)(F)F. The number of morpholine rings is 1. The van der Waals surface area contributed by atoms with Crippen LogP contribution < -0.4 is 10.6 Å². The molecule has 210 valence electrons. The Labute approximate surface area is 221 Å². The van der Waals surface area contributed by atoms with E-state index in [9.17, 15) is 41.4 Å². The van der Waals surface area contributed by atoms with Crippen LogP contribution in [-0.2, 0) is 15.9 Å². The molecule has 12 heteroatoms. The second-order valence-electron chi connectivity index (χ2n) is 8.26. The van der Waals surface area contributed by atoms with Crippen molar-refractivity contribution in [2.24, 2.45) is 5.73 Å². The van der Waals surface area contributed by atoms with Crippen LogP contribution in [0.4, 0.5) is 32.0 Å². The fourth-order valence-corrected chi connectivity index (χ4v) is 3.62. The molecule has 1 aliphatic heterocycles. The first-order valence-electron chi connectivity index (χ1n) is 11.4. The number of benzene rings is 2. The first-order chi connectivity index (χ1) is 18.1. The summed E-state index contributed by atoms with van der Waals surface area (Å²) in [4.78, 5) is 12.8. The summed E-state index contributed by atoms with van der Waals surface area (Å²) in [5, 5.41) is 19.7. The van der Waals surface area contributed by atoms with Crippen molar-refractivity contribution >= 4 is 11.6 Å². The molecule has 0 aliphatic carbocycles. The van der Waals surface area contributed by atoms with Gasteiger partial charge in [-0.15, -0.1) is 11.8 Å². The number of carbonyl (C=O) groups excluding carboxylic acids is 1. The fourth-order valence-electron chi connectivity index (χ4n) is 3.62. The minimum atomic E-state index is -4.98. The number of halogens is 6. The van der Waals surface area contributed by atoms with Gasteiger partial charge in [0.1, 0.15) is 0 Å². The molecule has 2 aromatic carbocycles. The molecule has 1 amide bonds. The first kappa shape index (κ1) is 31.5. The molecule has 2 unspecified atom stereocenters. The zero-order valence-corrected chi connectivity index (χ0v) is 21.0. The van der Waals surface area contributed by atoms with Gasteiger partial charge in [-0.25, -0.2) is 0 Å². The number of nitrogens with zero attached hydrogens (tertiary/aromatic N) is 1. The van der Waals surface area contributed by atoms with Crippen molar-refractivity contribution in [1.82, 2.24) is 0 Å². The van der Waals surface area contributed by atoms with E-state index in [0.717, 1.165) is 12.1 Å². The Morgan fingerprint density at radius 2 is 1.31 bits per heavy atom. The van der Waals surface area contributed by atoms with Gasteiger partial charge in [-0.05, 0) is 38.1 Å². The van der Waals surface area contributed by atoms with Gasteiger partial charge < -0.3 is 25.6 Å². The molecule has 3 rings (SSSR count). The number of alkyl halides is 6. The van der Waals surface area contributed by atoms with Crippen molar-refractivity contribution in [2.75, 3.05) is 31.2 Å². The van der Waals surface area contributed by atoms with Crippen molar-refractivity contribution in [3.05, 3.63) is 65.2 Å². The van der Waals surface area contributed by atoms with Gasteiger partial charge in [-0.3, -0.25) is 4.79 Å². The number of hydrogen-bond donors (Lipinski definition) is 3. The van der Waals surface area contributed by atoms with E-state index in [1.165, 1.54) is 44.2 Å². The van der Waals surface area contributed by atoms with E-state index in [1.54, 1.807) is 12.0 Å². The molecule has 0 radical (unpaired) electrons. The Hall–Kier alpha value is -3.71. The van der Waals surface area contributed by atoms with E-state index < -0.39 is 35.0 Å². The van der Waals surface area contributed by atoms with E-state index in [1.807, 2.05) is 16.7 Å². The summed E-state index contributed by atoms with van der Waals surface area (Å²) in [6, 6.07) is 10.1. The number of rotatable bonds is 4. The molecule has 1 heterocycles. The first-order valence-corrected chi connectivity index (χ1v) is 11.4. The van der Waals surface area contributed by atoms with Crippen LogP contribution in [0.25, 0.3) is 0 Å². The fraction of sp³-hybridized carbons (Fsp3) is 0.370. The molecule has 0 aromatic heterocycles. The van der Waals surface area contributed by atoms with Crippen molar-refractivity contribution in [3.63, 3.8) is 0 Å². The van der Waals surface area contributed by atoms with Crippen LogP contribution in [0.15, 0.2) is 48.5 Å². The van der Waals surface area contributed by atoms with Gasteiger partial charge in [0.2, 0.25) is 17.1 Å². The molecular weight excluding hydrogens is 530 g/mol. The number of ether oxygens (including phenoxy) is 1. The summed E-state index contributed by atoms with van der Waals surface area (Å²) in [6.45, 7) is 4.71. The number of aliphatic hydroxyl groups is 2. The number of nitrogens with two attached hydrogens (primary N) is 1. The third kappa shape index (κ3) is 7.24. The number of carbonyl (C=O) groups is 1. The maximum absolute atomic E-state index is 13.2. The minimum absolute atomic E-state index is 0.131. The lowest BCUT2D eigenvalue weighted by Crippen LogP contribution is -2.41. The predicted octanol–water partition coefficient (Wildman–Crippen LogP) is 3.86. The average molecular weight is 557 g/mol. The largest absolute Gasteiger partial charge is 0.433 e. The quantitative estimate of drug-likeness (QED) is 0.393. The van der Waals surface area contributed by atoms with Crippen LogP contribution >= 0.6 is 0 Å². The van der Waals surface area contributed by atoms with Gasteiger partial charge in [0.25, 0.3) is 0 Å². The molecule has 2 atom stereocenters. The molecule has 39 heavy (non-hydrogen) atoms. The topological polar surface area (TPSA) is 96.0 Å². The average Bonchev–Trinajstić information content (AvgIpc) is 2.88. The normalized spacial score (nSPS) is 16.6. The molecule has 1 saturated heterocycles. The zero-order valence-electron chi connectivity index (χ0n) is 21.0. The van der Waals surface area contributed by atoms with Gasteiger partial charge in [-0.2, -0.15) is 26.3 Å². The Morgan fingerprint density at radius 1 is 0.846 bits per heavy atom. The molecule has 4 N–H and O–H groups in total. The highest BCUT2D eigenvalue weighted by atomic mass is 19.4. The number of primary amides is 1. The van der Waals surface area contributed by atoms with Crippen LogP contribution in [0, 0.1) is 23.7 Å². The van der Waals surface area contributed by atoms with Crippen LogP contribution in [0.1, 0.15) is 35.3 Å². The summed E-state index contributed by atoms with van der Waals surface area (Å²) in [5.41, 5.74) is -1.81. The van der Waals surface area contributed by atoms with Crippen LogP contribution in [-0.4, -0.2) is 54.8 Å². The van der Waals surface area contributed by atoms with E-state index in [2.05, 4.69) is 5.92 Å². The third-order valence-corrected chi connectivity index (χ3v) is 5.64. The van der Waals surface area contributed by atoms with E-state index >= 15 is 0 Å². The van der Waals surface area contributed by atoms with Gasteiger partial charge in [0, 0.05) is 35.5 Å². The summed E-state index contributed by atoms with van der Waals surface area (Å²) in [7, 11) is 0. The number of hydrogen-bond acceptors (Lipinski definition) is 5. The third-order valence-electron chi connectivity index (χ3n) is 5.64. The molecular formula is C27H26F6N2O4. The van der Waals surface area contributed by atoms with Crippen molar-refractivity contribution in [3.8, 4) is 23.7 Å². The van der Waals surface area contributed by atoms with Crippen LogP contribution in [0.3, 0.4) is 0 Å². The highest BCUT2D eigenvalue weighted by Crippen LogP contribution is 2.40. The summed E-state index contributed by atoms with van der Waals surface area (Å²) in [5.74, 6) is 6.89. The van der Waals surface area contributed by atoms with Crippen molar-refractivity contribution < 1.29 is 46.1 Å². The summed E-state index contributed by atoms with van der Waals surface area (Å²) < 4.78 is 83.2. The van der Waals surface area contributed by atoms with Crippen molar-refractivity contribution in [2.45, 2.75) is 37.4 Å². The lowest BCUT2D eigenvalue weighted by Gasteiger charge is -2.31. The van der Waals surface area contributed by atoms with Crippen molar-refractivity contribution in [1.29, 1.82) is 0 Å². The Bertz CT molecular complexity index is 1280. The Balaban J connectivity index is 0.000000277. The highest BCUT2D eigenvalue weighted by Gasteiger charge is 2.55. The second-order valence-corrected chi connectivity index (χ2v) is 8.26. The maximum atomic E-state index is 13.2. The minimum Gasteiger partial charge on any atom is -0.378 e. The molecule has 0 saturated carbocycles. The van der Waals surface area contributed by atoms with E-state index in [0.29, 0.717) is 32.0 Å². The maximum Gasteiger partial charge on any atom is 0.433 e. The Morgan fingerprint density at radius 3 is 1.74 bits per heavy atom. The zero-order chi connectivity index (χ0) is 29.5. The predicted molar refractivity (Wildman–Crippen MR) is 131 cm³/mol. The molecule has 1 aliphatic rings. The Kier molecular flexibility index (Phi) is 10.0. The smallest absolute Gasteiger partial charge is 0.378 e. The van der Waals surface area contributed by atoms with Crippen LogP contribution in [0.5, 0.6) is 0 Å². The standard InChI is InChI=1S/C15H16F3NO2.C12H10F3NO2/c1-2-6-14(20,15(16,17)18)12-4-3-5-13(11-12)19-7-9-21-10-8-19;1-2-6-11(18,12(13,14)15)9-5-3-4-8(7-9)10(16)17/h3-5,11,20H,7-10H2,1H3;3-5,7,18H,1H3,(H2,16,17). The van der Waals surface area contributed by atoms with Gasteiger partial charge in [0.15, 0.2) is 0 Å². The second kappa shape index (κ2) is 12.4. The molecule has 2 aromatic rings. The number of anilines is 1. The number of amides is 1. The molecule has 0 spiro atoms. The van der Waals surface area contributed by atoms with Gasteiger partial charge in [0.05, 0.1) is 13.2 Å². The summed E-state index contributed by atoms with van der Waals surface area (Å²) >= 11 is 0. The lowest BCUT2D eigenvalue weighted by molar-refractivity contribution is -0.241. The van der Waals surface area contributed by atoms with Gasteiger partial charge in [-0.1, -0.05) is 36.1 Å². The highest BCUT2D eigenvalue weighted by molar-refractivity contribution is 5.93. The monoisotopic (exact) mass is 556 g/mol. The van der Waals surface area contributed by atoms with E-state index in [-0.39, 0.29) is 11.1 Å². The summed E-state index contributed by atoms with van der Waals surface area (Å²) in [6.07, 6.45) is -9.84. The molecule has 0 bridgehead atoms. The van der Waals surface area contributed by atoms with Crippen LogP contribution in [0.2, 0.25) is 0 Å². The molecule has 1 fully saturated rings. The molecule has 6 nitrogen and oxygen atoms in total. The lowest BCUT2D eigenvalue weighted by atomic mass is 9.92.